The zero-order valence-corrected chi connectivity index (χ0v) is 21.4. The molecule has 1 unspecified atom stereocenters. The number of benzene rings is 1. The van der Waals surface area contributed by atoms with Crippen LogP contribution in [0, 0.1) is 0 Å². The van der Waals surface area contributed by atoms with E-state index in [-0.39, 0.29) is 23.7 Å². The van der Waals surface area contributed by atoms with E-state index in [9.17, 15) is 9.59 Å². The molecule has 4 rings (SSSR count). The van der Waals surface area contributed by atoms with Crippen molar-refractivity contribution in [2.45, 2.75) is 32.4 Å². The van der Waals surface area contributed by atoms with Crippen LogP contribution in [0.3, 0.4) is 0 Å². The number of hydrogen-bond donors (Lipinski definition) is 3. The van der Waals surface area contributed by atoms with Crippen LogP contribution in [0.15, 0.2) is 66.4 Å². The van der Waals surface area contributed by atoms with E-state index in [1.165, 1.54) is 0 Å². The van der Waals surface area contributed by atoms with Crippen LogP contribution in [-0.4, -0.2) is 72.2 Å². The van der Waals surface area contributed by atoms with Crippen LogP contribution in [0.4, 0.5) is 16.2 Å². The van der Waals surface area contributed by atoms with Crippen LogP contribution in [0.1, 0.15) is 35.8 Å². The van der Waals surface area contributed by atoms with Gasteiger partial charge in [-0.3, -0.25) is 14.7 Å². The zero-order valence-electron chi connectivity index (χ0n) is 21.4. The van der Waals surface area contributed by atoms with Gasteiger partial charge < -0.3 is 26.0 Å². The minimum atomic E-state index is -0.336. The van der Waals surface area contributed by atoms with Gasteiger partial charge >= 0.3 is 6.03 Å². The number of hydrogen-bond acceptors (Lipinski definition) is 6. The van der Waals surface area contributed by atoms with E-state index in [1.54, 1.807) is 24.4 Å². The quantitative estimate of drug-likeness (QED) is 0.451. The predicted molar refractivity (Wildman–Crippen MR) is 145 cm³/mol. The Morgan fingerprint density at radius 3 is 2.73 bits per heavy atom. The number of carbonyl (C=O) groups excluding carboxylic acids is 2. The van der Waals surface area contributed by atoms with Crippen molar-refractivity contribution in [3.05, 3.63) is 77.7 Å². The van der Waals surface area contributed by atoms with Crippen LogP contribution < -0.4 is 16.4 Å². The molecule has 0 bridgehead atoms. The number of aromatic nitrogens is 1. The number of nitrogens with two attached hydrogens (primary N) is 1. The SMILES string of the molecule is CC1=CC(NC(=O)N(CCCN2CCOCC2)Cc2ccc(C(=O)Nc3ccccc3N)nc2)CC=C1. The Morgan fingerprint density at radius 1 is 1.19 bits per heavy atom. The number of nitrogens with zero attached hydrogens (tertiary/aromatic N) is 3. The van der Waals surface area contributed by atoms with Gasteiger partial charge in [0.25, 0.3) is 5.91 Å². The Balaban J connectivity index is 1.38. The number of para-hydroxylation sites is 2. The lowest BCUT2D eigenvalue weighted by molar-refractivity contribution is 0.0364. The second kappa shape index (κ2) is 13.0. The third-order valence-electron chi connectivity index (χ3n) is 6.48. The third-order valence-corrected chi connectivity index (χ3v) is 6.48. The van der Waals surface area contributed by atoms with Gasteiger partial charge in [0.05, 0.1) is 30.6 Å². The number of anilines is 2. The summed E-state index contributed by atoms with van der Waals surface area (Å²) in [6.07, 6.45) is 9.52. The number of pyridine rings is 1. The van der Waals surface area contributed by atoms with Gasteiger partial charge in [-0.25, -0.2) is 4.79 Å². The number of nitrogens with one attached hydrogen (secondary N) is 2. The highest BCUT2D eigenvalue weighted by molar-refractivity contribution is 6.04. The maximum absolute atomic E-state index is 13.2. The smallest absolute Gasteiger partial charge is 0.318 e. The zero-order chi connectivity index (χ0) is 26.0. The summed E-state index contributed by atoms with van der Waals surface area (Å²) >= 11 is 0. The number of nitrogen functional groups attached to an aromatic ring is 1. The van der Waals surface area contributed by atoms with Crippen molar-refractivity contribution in [1.29, 1.82) is 0 Å². The summed E-state index contributed by atoms with van der Waals surface area (Å²) in [4.78, 5) is 34.4. The van der Waals surface area contributed by atoms with E-state index >= 15 is 0 Å². The van der Waals surface area contributed by atoms with Crippen LogP contribution in [0.5, 0.6) is 0 Å². The van der Waals surface area contributed by atoms with Crippen LogP contribution in [-0.2, 0) is 11.3 Å². The number of rotatable bonds is 9. The molecule has 196 valence electrons. The number of carbonyl (C=O) groups is 2. The van der Waals surface area contributed by atoms with Crippen LogP contribution >= 0.6 is 0 Å². The Morgan fingerprint density at radius 2 is 2.00 bits per heavy atom. The maximum Gasteiger partial charge on any atom is 0.318 e. The summed E-state index contributed by atoms with van der Waals surface area (Å²) in [7, 11) is 0. The van der Waals surface area contributed by atoms with Crippen molar-refractivity contribution in [1.82, 2.24) is 20.1 Å². The van der Waals surface area contributed by atoms with Crippen molar-refractivity contribution in [3.8, 4) is 0 Å². The van der Waals surface area contributed by atoms with Crippen molar-refractivity contribution < 1.29 is 14.3 Å². The Kier molecular flexibility index (Phi) is 9.29. The molecule has 0 saturated carbocycles. The standard InChI is InChI=1S/C28H36N6O3/c1-21-6-4-7-23(18-21)31-28(36)34(13-5-12-33-14-16-37-17-15-33)20-22-10-11-26(30-19-22)27(35)32-25-9-3-2-8-24(25)29/h2-4,6,8-11,18-19,23H,5,7,12-17,20,29H2,1H3,(H,31,36)(H,32,35). The van der Waals surface area contributed by atoms with E-state index in [0.29, 0.717) is 24.5 Å². The van der Waals surface area contributed by atoms with Gasteiger partial charge in [0.1, 0.15) is 5.69 Å². The summed E-state index contributed by atoms with van der Waals surface area (Å²) in [5, 5.41) is 5.94. The van der Waals surface area contributed by atoms with Gasteiger partial charge in [0.15, 0.2) is 0 Å². The summed E-state index contributed by atoms with van der Waals surface area (Å²) in [5.41, 5.74) is 9.24. The van der Waals surface area contributed by atoms with E-state index in [0.717, 1.165) is 56.8 Å². The average molecular weight is 505 g/mol. The Bertz CT molecular complexity index is 1120. The van der Waals surface area contributed by atoms with Gasteiger partial charge in [-0.1, -0.05) is 42.0 Å². The summed E-state index contributed by atoms with van der Waals surface area (Å²) in [6, 6.07) is 10.5. The highest BCUT2D eigenvalue weighted by atomic mass is 16.5. The number of urea groups is 1. The molecule has 3 amide bonds. The first-order valence-electron chi connectivity index (χ1n) is 12.8. The molecule has 37 heavy (non-hydrogen) atoms. The highest BCUT2D eigenvalue weighted by Crippen LogP contribution is 2.18. The van der Waals surface area contributed by atoms with Gasteiger partial charge in [-0.15, -0.1) is 0 Å². The largest absolute Gasteiger partial charge is 0.397 e. The molecule has 1 saturated heterocycles. The summed E-state index contributed by atoms with van der Waals surface area (Å²) < 4.78 is 5.43. The van der Waals surface area contributed by atoms with Crippen molar-refractivity contribution in [2.75, 3.05) is 50.4 Å². The summed E-state index contributed by atoms with van der Waals surface area (Å²) in [5.74, 6) is -0.336. The number of morpholine rings is 1. The molecule has 1 aliphatic carbocycles. The predicted octanol–water partition coefficient (Wildman–Crippen LogP) is 3.42. The molecule has 1 aromatic carbocycles. The van der Waals surface area contributed by atoms with E-state index < -0.39 is 0 Å². The lowest BCUT2D eigenvalue weighted by atomic mass is 10.0. The molecule has 1 aliphatic heterocycles. The Hall–Kier alpha value is -3.69. The first-order chi connectivity index (χ1) is 18.0. The molecule has 1 atom stereocenters. The molecule has 2 aliphatic rings. The topological polar surface area (TPSA) is 113 Å². The van der Waals surface area contributed by atoms with Gasteiger partial charge in [0.2, 0.25) is 0 Å². The van der Waals surface area contributed by atoms with Crippen molar-refractivity contribution in [2.24, 2.45) is 0 Å². The van der Waals surface area contributed by atoms with Gasteiger partial charge in [0, 0.05) is 38.9 Å². The number of amides is 3. The molecule has 0 spiro atoms. The highest BCUT2D eigenvalue weighted by Gasteiger charge is 2.19. The molecular formula is C28H36N6O3. The second-order valence-electron chi connectivity index (χ2n) is 9.43. The molecule has 2 aromatic rings. The molecule has 4 N–H and O–H groups in total. The molecular weight excluding hydrogens is 468 g/mol. The maximum atomic E-state index is 13.2. The Labute approximate surface area is 218 Å². The first kappa shape index (κ1) is 26.4. The molecule has 9 nitrogen and oxygen atoms in total. The average Bonchev–Trinajstić information content (AvgIpc) is 2.90. The fourth-order valence-electron chi connectivity index (χ4n) is 4.42. The van der Waals surface area contributed by atoms with Crippen molar-refractivity contribution >= 4 is 23.3 Å². The van der Waals surface area contributed by atoms with Gasteiger partial charge in [-0.05, 0) is 43.5 Å². The monoisotopic (exact) mass is 504 g/mol. The molecule has 1 aromatic heterocycles. The van der Waals surface area contributed by atoms with Crippen LogP contribution in [0.25, 0.3) is 0 Å². The van der Waals surface area contributed by atoms with E-state index in [4.69, 9.17) is 10.5 Å². The van der Waals surface area contributed by atoms with Crippen LogP contribution in [0.2, 0.25) is 0 Å². The number of allylic oxidation sites excluding steroid dienone is 2. The molecule has 2 heterocycles. The number of ether oxygens (including phenoxy) is 1. The fraction of sp³-hybridized carbons (Fsp3) is 0.393. The minimum absolute atomic E-state index is 0.0196. The molecule has 0 radical (unpaired) electrons. The summed E-state index contributed by atoms with van der Waals surface area (Å²) in [6.45, 7) is 7.33. The normalized spacial score (nSPS) is 17.6. The lowest BCUT2D eigenvalue weighted by Gasteiger charge is -2.29. The second-order valence-corrected chi connectivity index (χ2v) is 9.43. The third kappa shape index (κ3) is 7.90. The van der Waals surface area contributed by atoms with E-state index in [2.05, 4.69) is 38.7 Å². The molecule has 9 heteroatoms. The lowest BCUT2D eigenvalue weighted by Crippen LogP contribution is -2.45. The van der Waals surface area contributed by atoms with Gasteiger partial charge in [-0.2, -0.15) is 0 Å². The fourth-order valence-corrected chi connectivity index (χ4v) is 4.42. The van der Waals surface area contributed by atoms with E-state index in [1.807, 2.05) is 30.0 Å². The molecule has 1 fully saturated rings. The first-order valence-corrected chi connectivity index (χ1v) is 12.8. The van der Waals surface area contributed by atoms with Crippen molar-refractivity contribution in [3.63, 3.8) is 0 Å². The minimum Gasteiger partial charge on any atom is -0.397 e.